The predicted octanol–water partition coefficient (Wildman–Crippen LogP) is 2.65. The number of para-hydroxylation sites is 1. The number of nitrogens with one attached hydrogen (secondary N) is 2. The predicted molar refractivity (Wildman–Crippen MR) is 109 cm³/mol. The van der Waals surface area contributed by atoms with Gasteiger partial charge in [-0.3, -0.25) is 4.57 Å². The van der Waals surface area contributed by atoms with E-state index in [2.05, 4.69) is 39.7 Å². The van der Waals surface area contributed by atoms with E-state index in [-0.39, 0.29) is 0 Å². The fourth-order valence-corrected chi connectivity index (χ4v) is 3.14. The van der Waals surface area contributed by atoms with Crippen LogP contribution in [0.5, 0.6) is 0 Å². The molecule has 0 fully saturated rings. The van der Waals surface area contributed by atoms with Crippen LogP contribution in [0.1, 0.15) is 52.3 Å². The minimum absolute atomic E-state index is 0.393. The first-order valence-electron chi connectivity index (χ1n) is 9.80. The molecule has 7 nitrogen and oxygen atoms in total. The molecule has 148 valence electrons. The number of guanidine groups is 1. The average molecular weight is 373 g/mol. The number of aliphatic hydroxyl groups is 1. The molecule has 0 atom stereocenters. The van der Waals surface area contributed by atoms with Gasteiger partial charge in [0.1, 0.15) is 12.9 Å². The summed E-state index contributed by atoms with van der Waals surface area (Å²) in [5.41, 5.74) is 0.301. The minimum atomic E-state index is -0.705. The molecule has 0 bridgehead atoms. The van der Waals surface area contributed by atoms with Crippen LogP contribution < -0.4 is 10.6 Å². The van der Waals surface area contributed by atoms with Crippen molar-refractivity contribution in [1.82, 2.24) is 25.4 Å². The lowest BCUT2D eigenvalue weighted by Gasteiger charge is -2.28. The Hall–Kier alpha value is -2.41. The van der Waals surface area contributed by atoms with E-state index in [0.717, 1.165) is 43.7 Å². The Bertz CT molecular complexity index is 692. The van der Waals surface area contributed by atoms with Crippen molar-refractivity contribution in [3.8, 4) is 5.69 Å². The number of hydrogen-bond donors (Lipinski definition) is 3. The van der Waals surface area contributed by atoms with Crippen molar-refractivity contribution < 1.29 is 5.11 Å². The Balaban J connectivity index is 2.07. The van der Waals surface area contributed by atoms with Crippen molar-refractivity contribution in [1.29, 1.82) is 0 Å². The van der Waals surface area contributed by atoms with Crippen LogP contribution in [0.2, 0.25) is 0 Å². The highest BCUT2D eigenvalue weighted by Crippen LogP contribution is 2.18. The maximum absolute atomic E-state index is 10.8. The van der Waals surface area contributed by atoms with E-state index in [1.165, 1.54) is 0 Å². The van der Waals surface area contributed by atoms with E-state index >= 15 is 0 Å². The number of hydrogen-bond acceptors (Lipinski definition) is 4. The summed E-state index contributed by atoms with van der Waals surface area (Å²) in [7, 11) is 0. The zero-order chi connectivity index (χ0) is 19.5. The van der Waals surface area contributed by atoms with Crippen LogP contribution in [0.25, 0.3) is 5.69 Å². The first kappa shape index (κ1) is 20.9. The molecule has 27 heavy (non-hydrogen) atoms. The Labute approximate surface area is 161 Å². The van der Waals surface area contributed by atoms with Crippen LogP contribution in [-0.2, 0) is 6.54 Å². The lowest BCUT2D eigenvalue weighted by atomic mass is 9.93. The summed E-state index contributed by atoms with van der Waals surface area (Å²) in [6, 6.07) is 9.96. The van der Waals surface area contributed by atoms with Crippen molar-refractivity contribution in [2.75, 3.05) is 13.1 Å². The van der Waals surface area contributed by atoms with Gasteiger partial charge in [-0.1, -0.05) is 44.9 Å². The number of benzene rings is 1. The summed E-state index contributed by atoms with van der Waals surface area (Å²) in [4.78, 5) is 4.63. The molecule has 0 aliphatic heterocycles. The monoisotopic (exact) mass is 372 g/mol. The normalized spacial score (nSPS) is 12.2. The zero-order valence-electron chi connectivity index (χ0n) is 16.6. The fourth-order valence-electron chi connectivity index (χ4n) is 3.14. The first-order chi connectivity index (χ1) is 13.1. The van der Waals surface area contributed by atoms with Gasteiger partial charge in [0.2, 0.25) is 0 Å². The molecule has 1 heterocycles. The molecular weight excluding hydrogens is 340 g/mol. The second-order valence-electron chi connectivity index (χ2n) is 6.73. The van der Waals surface area contributed by atoms with Crippen molar-refractivity contribution in [3.05, 3.63) is 42.5 Å². The van der Waals surface area contributed by atoms with E-state index in [9.17, 15) is 5.11 Å². The van der Waals surface area contributed by atoms with Crippen LogP contribution in [0.15, 0.2) is 41.7 Å². The summed E-state index contributed by atoms with van der Waals surface area (Å²) in [6.07, 6.45) is 5.14. The molecule has 7 heteroatoms. The van der Waals surface area contributed by atoms with Crippen molar-refractivity contribution in [2.45, 2.75) is 58.6 Å². The number of aromatic nitrogens is 3. The zero-order valence-corrected chi connectivity index (χ0v) is 16.6. The van der Waals surface area contributed by atoms with E-state index in [0.29, 0.717) is 19.0 Å². The third-order valence-electron chi connectivity index (χ3n) is 4.39. The average Bonchev–Trinajstić information content (AvgIpc) is 3.14. The molecule has 0 saturated heterocycles. The molecule has 0 unspecified atom stereocenters. The van der Waals surface area contributed by atoms with Gasteiger partial charge in [0, 0.05) is 18.8 Å². The summed E-state index contributed by atoms with van der Waals surface area (Å²) >= 11 is 0. The lowest BCUT2D eigenvalue weighted by Crippen LogP contribution is -2.47. The van der Waals surface area contributed by atoms with E-state index in [1.807, 2.05) is 41.8 Å². The van der Waals surface area contributed by atoms with Crippen LogP contribution in [0.3, 0.4) is 0 Å². The van der Waals surface area contributed by atoms with Crippen molar-refractivity contribution >= 4 is 5.96 Å². The summed E-state index contributed by atoms with van der Waals surface area (Å²) < 4.78 is 1.93. The number of nitrogens with zero attached hydrogens (tertiary/aromatic N) is 4. The molecule has 0 aliphatic rings. The van der Waals surface area contributed by atoms with Gasteiger partial charge >= 0.3 is 0 Å². The number of aliphatic imine (C=N–C) groups is 1. The minimum Gasteiger partial charge on any atom is -0.388 e. The second kappa shape index (κ2) is 10.7. The van der Waals surface area contributed by atoms with Crippen LogP contribution >= 0.6 is 0 Å². The van der Waals surface area contributed by atoms with Gasteiger partial charge in [-0.25, -0.2) is 4.99 Å². The van der Waals surface area contributed by atoms with E-state index in [4.69, 9.17) is 0 Å². The van der Waals surface area contributed by atoms with Crippen LogP contribution in [0.4, 0.5) is 0 Å². The maximum Gasteiger partial charge on any atom is 0.191 e. The second-order valence-corrected chi connectivity index (χ2v) is 6.73. The molecule has 3 N–H and O–H groups in total. The smallest absolute Gasteiger partial charge is 0.191 e. The maximum atomic E-state index is 10.8. The molecule has 0 aliphatic carbocycles. The lowest BCUT2D eigenvalue weighted by molar-refractivity contribution is 0.0257. The summed E-state index contributed by atoms with van der Waals surface area (Å²) in [5.74, 6) is 1.43. The Kier molecular flexibility index (Phi) is 8.26. The van der Waals surface area contributed by atoms with Gasteiger partial charge < -0.3 is 15.7 Å². The Morgan fingerprint density at radius 1 is 1.11 bits per heavy atom. The van der Waals surface area contributed by atoms with Gasteiger partial charge in [0.25, 0.3) is 0 Å². The van der Waals surface area contributed by atoms with Crippen molar-refractivity contribution in [3.63, 3.8) is 0 Å². The van der Waals surface area contributed by atoms with Crippen molar-refractivity contribution in [2.24, 2.45) is 4.99 Å². The number of rotatable bonds is 10. The standard InChI is InChI=1S/C20H32N6O/c1-4-12-20(27,13-5-2)15-23-19(21-6-3)22-14-18-25-24-16-26(18)17-10-8-7-9-11-17/h7-11,16,27H,4-6,12-15H2,1-3H3,(H2,21,22,23). The van der Waals surface area contributed by atoms with Gasteiger partial charge in [0.05, 0.1) is 5.60 Å². The molecule has 2 aromatic rings. The fraction of sp³-hybridized carbons (Fsp3) is 0.550. The van der Waals surface area contributed by atoms with Gasteiger partial charge in [0.15, 0.2) is 11.8 Å². The topological polar surface area (TPSA) is 87.4 Å². The summed E-state index contributed by atoms with van der Waals surface area (Å²) in [6.45, 7) is 7.83. The molecule has 1 aromatic heterocycles. The molecule has 0 spiro atoms. The molecular formula is C20H32N6O. The van der Waals surface area contributed by atoms with Crippen LogP contribution in [-0.4, -0.2) is 44.5 Å². The van der Waals surface area contributed by atoms with E-state index in [1.54, 1.807) is 6.33 Å². The first-order valence-corrected chi connectivity index (χ1v) is 9.80. The highest BCUT2D eigenvalue weighted by atomic mass is 16.3. The Morgan fingerprint density at radius 3 is 2.44 bits per heavy atom. The Morgan fingerprint density at radius 2 is 1.81 bits per heavy atom. The SMILES string of the molecule is CCCC(O)(CCC)CNC(=NCc1nncn1-c1ccccc1)NCC. The van der Waals surface area contributed by atoms with Crippen LogP contribution in [0, 0.1) is 0 Å². The highest BCUT2D eigenvalue weighted by molar-refractivity contribution is 5.79. The molecule has 0 saturated carbocycles. The third kappa shape index (κ3) is 6.36. The van der Waals surface area contributed by atoms with E-state index < -0.39 is 5.60 Å². The highest BCUT2D eigenvalue weighted by Gasteiger charge is 2.24. The largest absolute Gasteiger partial charge is 0.388 e. The third-order valence-corrected chi connectivity index (χ3v) is 4.39. The molecule has 2 rings (SSSR count). The van der Waals surface area contributed by atoms with Gasteiger partial charge in [-0.05, 0) is 31.9 Å². The quantitative estimate of drug-likeness (QED) is 0.441. The summed E-state index contributed by atoms with van der Waals surface area (Å²) in [5, 5.41) is 25.5. The van der Waals surface area contributed by atoms with Gasteiger partial charge in [-0.2, -0.15) is 0 Å². The molecule has 1 aromatic carbocycles. The molecule has 0 amide bonds. The van der Waals surface area contributed by atoms with Gasteiger partial charge in [-0.15, -0.1) is 10.2 Å². The molecule has 0 radical (unpaired) electrons.